The fourth-order valence-corrected chi connectivity index (χ4v) is 2.50. The summed E-state index contributed by atoms with van der Waals surface area (Å²) in [6, 6.07) is 13.7. The highest BCUT2D eigenvalue weighted by molar-refractivity contribution is 6.00. The van der Waals surface area contributed by atoms with Gasteiger partial charge in [-0.05, 0) is 48.2 Å². The molecule has 6 nitrogen and oxygen atoms in total. The van der Waals surface area contributed by atoms with Gasteiger partial charge in [-0.3, -0.25) is 14.4 Å². The Kier molecular flexibility index (Phi) is 7.53. The average molecular weight is 408 g/mol. The van der Waals surface area contributed by atoms with Crippen molar-refractivity contribution < 1.29 is 19.1 Å². The number of amides is 2. The smallest absolute Gasteiger partial charge is 0.308 e. The molecule has 0 saturated carbocycles. The van der Waals surface area contributed by atoms with Crippen LogP contribution in [-0.4, -0.2) is 17.8 Å². The van der Waals surface area contributed by atoms with Crippen LogP contribution in [0.2, 0.25) is 0 Å². The Labute approximate surface area is 177 Å². The van der Waals surface area contributed by atoms with E-state index in [-0.39, 0.29) is 23.8 Å². The van der Waals surface area contributed by atoms with Gasteiger partial charge in [-0.1, -0.05) is 44.5 Å². The number of benzene rings is 2. The maximum absolute atomic E-state index is 12.4. The maximum atomic E-state index is 12.4. The minimum atomic E-state index is -0.445. The van der Waals surface area contributed by atoms with Gasteiger partial charge in [0.15, 0.2) is 0 Å². The summed E-state index contributed by atoms with van der Waals surface area (Å²) in [4.78, 5) is 35.7. The second kappa shape index (κ2) is 9.87. The molecule has 0 bridgehead atoms. The molecular weight excluding hydrogens is 380 g/mol. The van der Waals surface area contributed by atoms with Crippen LogP contribution >= 0.6 is 0 Å². The molecule has 0 unspecified atom stereocenters. The van der Waals surface area contributed by atoms with Crippen molar-refractivity contribution in [2.75, 3.05) is 5.32 Å². The van der Waals surface area contributed by atoms with Gasteiger partial charge in [0.2, 0.25) is 5.91 Å². The predicted molar refractivity (Wildman–Crippen MR) is 117 cm³/mol. The molecule has 2 rings (SSSR count). The van der Waals surface area contributed by atoms with Crippen molar-refractivity contribution in [3.8, 4) is 5.75 Å². The van der Waals surface area contributed by atoms with Crippen LogP contribution in [0.3, 0.4) is 0 Å². The lowest BCUT2D eigenvalue weighted by Gasteiger charge is -2.19. The molecule has 0 radical (unpaired) electrons. The quantitative estimate of drug-likeness (QED) is 0.419. The number of esters is 1. The molecule has 2 amide bonds. The molecule has 30 heavy (non-hydrogen) atoms. The molecule has 0 spiro atoms. The highest BCUT2D eigenvalue weighted by Crippen LogP contribution is 2.24. The van der Waals surface area contributed by atoms with Crippen LogP contribution < -0.4 is 15.4 Å². The Hall–Kier alpha value is -3.41. The highest BCUT2D eigenvalue weighted by atomic mass is 16.5. The van der Waals surface area contributed by atoms with E-state index >= 15 is 0 Å². The lowest BCUT2D eigenvalue weighted by Crippen LogP contribution is -2.23. The molecule has 0 aromatic heterocycles. The molecule has 0 atom stereocenters. The summed E-state index contributed by atoms with van der Waals surface area (Å²) in [5.74, 6) is -0.606. The summed E-state index contributed by atoms with van der Waals surface area (Å²) in [6.45, 7) is 9.68. The summed E-state index contributed by atoms with van der Waals surface area (Å²) in [5, 5.41) is 5.68. The number of allylic oxidation sites excluding steroid dienone is 1. The fourth-order valence-electron chi connectivity index (χ4n) is 2.50. The minimum absolute atomic E-state index is 0.0732. The van der Waals surface area contributed by atoms with E-state index in [0.29, 0.717) is 17.0 Å². The van der Waals surface area contributed by atoms with Gasteiger partial charge in [0.1, 0.15) is 5.75 Å². The van der Waals surface area contributed by atoms with Crippen molar-refractivity contribution in [2.24, 2.45) is 5.41 Å². The Morgan fingerprint density at radius 1 is 1.00 bits per heavy atom. The number of hydrogen-bond donors (Lipinski definition) is 2. The predicted octanol–water partition coefficient (Wildman–Crippen LogP) is 4.47. The van der Waals surface area contributed by atoms with E-state index < -0.39 is 5.97 Å². The SMILES string of the molecule is CC(=O)Oc1cccc(C(=O)NCc2cccc(NC(=O)/C=C(\C)C(C)(C)C)c2)c1. The first-order valence-corrected chi connectivity index (χ1v) is 9.70. The number of carbonyl (C=O) groups excluding carboxylic acids is 3. The molecule has 0 fully saturated rings. The van der Waals surface area contributed by atoms with Gasteiger partial charge in [0.25, 0.3) is 5.91 Å². The maximum Gasteiger partial charge on any atom is 0.308 e. The van der Waals surface area contributed by atoms with E-state index in [1.807, 2.05) is 25.1 Å². The summed E-state index contributed by atoms with van der Waals surface area (Å²) < 4.78 is 5.00. The minimum Gasteiger partial charge on any atom is -0.427 e. The van der Waals surface area contributed by atoms with Gasteiger partial charge in [0.05, 0.1) is 0 Å². The zero-order chi connectivity index (χ0) is 22.3. The third-order valence-corrected chi connectivity index (χ3v) is 4.54. The molecule has 0 saturated heterocycles. The standard InChI is InChI=1S/C24H28N2O4/c1-16(24(3,4)5)12-22(28)26-20-10-6-8-18(13-20)15-25-23(29)19-9-7-11-21(14-19)30-17(2)27/h6-14H,15H2,1-5H3,(H,25,29)(H,26,28)/b16-12+. The molecule has 0 aliphatic carbocycles. The molecule has 0 aliphatic rings. The number of anilines is 1. The van der Waals surface area contributed by atoms with Crippen molar-refractivity contribution in [1.82, 2.24) is 5.32 Å². The Balaban J connectivity index is 2.00. The van der Waals surface area contributed by atoms with Crippen molar-refractivity contribution in [2.45, 2.75) is 41.2 Å². The third kappa shape index (κ3) is 7.20. The Morgan fingerprint density at radius 3 is 2.37 bits per heavy atom. The zero-order valence-electron chi connectivity index (χ0n) is 18.0. The molecule has 0 aliphatic heterocycles. The Morgan fingerprint density at radius 2 is 1.70 bits per heavy atom. The van der Waals surface area contributed by atoms with E-state index in [1.54, 1.807) is 30.3 Å². The molecule has 2 aromatic carbocycles. The second-order valence-electron chi connectivity index (χ2n) is 8.07. The third-order valence-electron chi connectivity index (χ3n) is 4.54. The molecule has 2 aromatic rings. The normalized spacial score (nSPS) is 11.6. The lowest BCUT2D eigenvalue weighted by molar-refractivity contribution is -0.131. The second-order valence-corrected chi connectivity index (χ2v) is 8.07. The molecule has 6 heteroatoms. The summed E-state index contributed by atoms with van der Waals surface area (Å²) in [5.41, 5.74) is 2.80. The van der Waals surface area contributed by atoms with Crippen LogP contribution in [0.1, 0.15) is 50.5 Å². The van der Waals surface area contributed by atoms with Gasteiger partial charge in [-0.25, -0.2) is 0 Å². The van der Waals surface area contributed by atoms with E-state index in [9.17, 15) is 14.4 Å². The van der Waals surface area contributed by atoms with Crippen molar-refractivity contribution in [3.05, 3.63) is 71.3 Å². The van der Waals surface area contributed by atoms with Crippen molar-refractivity contribution in [1.29, 1.82) is 0 Å². The van der Waals surface area contributed by atoms with Gasteiger partial charge < -0.3 is 15.4 Å². The molecule has 158 valence electrons. The summed E-state index contributed by atoms with van der Waals surface area (Å²) in [7, 11) is 0. The summed E-state index contributed by atoms with van der Waals surface area (Å²) in [6.07, 6.45) is 1.60. The topological polar surface area (TPSA) is 84.5 Å². The van der Waals surface area contributed by atoms with E-state index in [0.717, 1.165) is 11.1 Å². The number of hydrogen-bond acceptors (Lipinski definition) is 4. The van der Waals surface area contributed by atoms with Gasteiger partial charge in [-0.2, -0.15) is 0 Å². The van der Waals surface area contributed by atoms with E-state index in [4.69, 9.17) is 4.74 Å². The van der Waals surface area contributed by atoms with Crippen LogP contribution in [0, 0.1) is 5.41 Å². The van der Waals surface area contributed by atoms with E-state index in [2.05, 4.69) is 31.4 Å². The van der Waals surface area contributed by atoms with Crippen LogP contribution in [-0.2, 0) is 16.1 Å². The van der Waals surface area contributed by atoms with Crippen molar-refractivity contribution >= 4 is 23.5 Å². The number of ether oxygens (including phenoxy) is 1. The average Bonchev–Trinajstić information content (AvgIpc) is 2.65. The molecule has 0 heterocycles. The highest BCUT2D eigenvalue weighted by Gasteiger charge is 2.14. The number of rotatable bonds is 6. The van der Waals surface area contributed by atoms with Gasteiger partial charge in [0, 0.05) is 30.8 Å². The van der Waals surface area contributed by atoms with E-state index in [1.165, 1.54) is 13.0 Å². The largest absolute Gasteiger partial charge is 0.427 e. The van der Waals surface area contributed by atoms with Crippen LogP contribution in [0.4, 0.5) is 5.69 Å². The monoisotopic (exact) mass is 408 g/mol. The van der Waals surface area contributed by atoms with Crippen molar-refractivity contribution in [3.63, 3.8) is 0 Å². The zero-order valence-corrected chi connectivity index (χ0v) is 18.0. The van der Waals surface area contributed by atoms with Gasteiger partial charge >= 0.3 is 5.97 Å². The van der Waals surface area contributed by atoms with Crippen LogP contribution in [0.25, 0.3) is 0 Å². The first-order chi connectivity index (χ1) is 14.0. The Bertz CT molecular complexity index is 971. The van der Waals surface area contributed by atoms with Crippen LogP contribution in [0.5, 0.6) is 5.75 Å². The molecule has 2 N–H and O–H groups in total. The lowest BCUT2D eigenvalue weighted by atomic mass is 9.87. The van der Waals surface area contributed by atoms with Crippen LogP contribution in [0.15, 0.2) is 60.2 Å². The summed E-state index contributed by atoms with van der Waals surface area (Å²) >= 11 is 0. The number of nitrogens with one attached hydrogen (secondary N) is 2. The number of carbonyl (C=O) groups is 3. The van der Waals surface area contributed by atoms with Gasteiger partial charge in [-0.15, -0.1) is 0 Å². The molecular formula is C24H28N2O4. The first-order valence-electron chi connectivity index (χ1n) is 9.70. The first kappa shape index (κ1) is 22.9. The fraction of sp³-hybridized carbons (Fsp3) is 0.292.